The van der Waals surface area contributed by atoms with Crippen LogP contribution in [0.4, 0.5) is 5.69 Å². The molecule has 4 heteroatoms. The molecular weight excluding hydrogens is 280 g/mol. The molecule has 0 bridgehead atoms. The van der Waals surface area contributed by atoms with Crippen LogP contribution in [-0.4, -0.2) is 36.5 Å². The number of nitrogens with zero attached hydrogens (tertiary/aromatic N) is 1. The molecule has 114 valence electrons. The fourth-order valence-electron chi connectivity index (χ4n) is 2.96. The Balaban J connectivity index is 1.66. The van der Waals surface area contributed by atoms with Crippen molar-refractivity contribution in [3.63, 3.8) is 0 Å². The highest BCUT2D eigenvalue weighted by Gasteiger charge is 2.26. The van der Waals surface area contributed by atoms with Gasteiger partial charge in [-0.25, -0.2) is 0 Å². The molecule has 0 aromatic heterocycles. The summed E-state index contributed by atoms with van der Waals surface area (Å²) in [6.07, 6.45) is 4.49. The van der Waals surface area contributed by atoms with Gasteiger partial charge in [-0.15, -0.1) is 0 Å². The predicted octanol–water partition coefficient (Wildman–Crippen LogP) is 2.91. The van der Waals surface area contributed by atoms with E-state index in [0.717, 1.165) is 30.3 Å². The average Bonchev–Trinajstić information content (AvgIpc) is 2.48. The second-order valence-electron chi connectivity index (χ2n) is 6.07. The van der Waals surface area contributed by atoms with Crippen LogP contribution >= 0.6 is 11.8 Å². The Morgan fingerprint density at radius 1 is 1.29 bits per heavy atom. The molecular formula is C17H24N2OS. The zero-order valence-electron chi connectivity index (χ0n) is 12.5. The molecule has 21 heavy (non-hydrogen) atoms. The summed E-state index contributed by atoms with van der Waals surface area (Å²) in [5.41, 5.74) is 1.05. The number of para-hydroxylation sites is 1. The molecule has 1 unspecified atom stereocenters. The Kier molecular flexibility index (Phi) is 5.20. The van der Waals surface area contributed by atoms with Gasteiger partial charge in [0, 0.05) is 42.7 Å². The highest BCUT2D eigenvalue weighted by Crippen LogP contribution is 2.29. The van der Waals surface area contributed by atoms with Gasteiger partial charge in [-0.2, -0.15) is 11.8 Å². The zero-order valence-corrected chi connectivity index (χ0v) is 13.3. The Labute approximate surface area is 131 Å². The monoisotopic (exact) mass is 304 g/mol. The number of benzene rings is 1. The summed E-state index contributed by atoms with van der Waals surface area (Å²) < 4.78 is 0. The van der Waals surface area contributed by atoms with Crippen LogP contribution in [0.5, 0.6) is 0 Å². The number of hydrogen-bond acceptors (Lipinski definition) is 3. The van der Waals surface area contributed by atoms with Crippen LogP contribution in [0.25, 0.3) is 0 Å². The third-order valence-corrected chi connectivity index (χ3v) is 5.58. The molecule has 2 aliphatic rings. The van der Waals surface area contributed by atoms with Crippen molar-refractivity contribution in [2.45, 2.75) is 31.7 Å². The molecule has 1 saturated carbocycles. The second-order valence-corrected chi connectivity index (χ2v) is 7.22. The lowest BCUT2D eigenvalue weighted by atomic mass is 9.85. The van der Waals surface area contributed by atoms with E-state index in [1.807, 2.05) is 34.9 Å². The number of anilines is 1. The molecule has 1 N–H and O–H groups in total. The van der Waals surface area contributed by atoms with Crippen LogP contribution in [0.2, 0.25) is 0 Å². The summed E-state index contributed by atoms with van der Waals surface area (Å²) in [5.74, 6) is 3.18. The van der Waals surface area contributed by atoms with E-state index in [9.17, 15) is 4.79 Å². The summed E-state index contributed by atoms with van der Waals surface area (Å²) in [6.45, 7) is 1.92. The summed E-state index contributed by atoms with van der Waals surface area (Å²) in [7, 11) is 0. The van der Waals surface area contributed by atoms with Gasteiger partial charge in [-0.05, 0) is 30.9 Å². The van der Waals surface area contributed by atoms with Crippen molar-refractivity contribution in [3.05, 3.63) is 30.3 Å². The van der Waals surface area contributed by atoms with Crippen molar-refractivity contribution >= 4 is 23.4 Å². The minimum Gasteiger partial charge on any atom is -0.312 e. The first kappa shape index (κ1) is 14.9. The molecule has 0 radical (unpaired) electrons. The lowest BCUT2D eigenvalue weighted by molar-refractivity contribution is -0.119. The molecule has 3 nitrogen and oxygen atoms in total. The number of thioether (sulfide) groups is 1. The van der Waals surface area contributed by atoms with Crippen LogP contribution in [0, 0.1) is 5.92 Å². The lowest BCUT2D eigenvalue weighted by Gasteiger charge is -2.33. The van der Waals surface area contributed by atoms with E-state index in [2.05, 4.69) is 17.4 Å². The standard InChI is InChI=1S/C17H24N2OS/c20-17(11-15-13-21-10-9-18-15)19(12-14-5-4-6-14)16-7-2-1-3-8-16/h1-3,7-8,14-15,18H,4-6,9-13H2. The molecule has 1 aliphatic heterocycles. The molecule has 1 saturated heterocycles. The van der Waals surface area contributed by atoms with Gasteiger partial charge in [0.15, 0.2) is 0 Å². The topological polar surface area (TPSA) is 32.3 Å². The molecule has 2 fully saturated rings. The molecule has 1 atom stereocenters. The maximum absolute atomic E-state index is 12.8. The van der Waals surface area contributed by atoms with E-state index >= 15 is 0 Å². The van der Waals surface area contributed by atoms with E-state index < -0.39 is 0 Å². The summed E-state index contributed by atoms with van der Waals surface area (Å²) in [5, 5.41) is 3.47. The molecule has 3 rings (SSSR count). The smallest absolute Gasteiger partial charge is 0.228 e. The van der Waals surface area contributed by atoms with Crippen molar-refractivity contribution in [2.75, 3.05) is 29.5 Å². The minimum absolute atomic E-state index is 0.271. The quantitative estimate of drug-likeness (QED) is 0.908. The van der Waals surface area contributed by atoms with Crippen LogP contribution in [-0.2, 0) is 4.79 Å². The van der Waals surface area contributed by atoms with E-state index in [1.54, 1.807) is 0 Å². The average molecular weight is 304 g/mol. The number of carbonyl (C=O) groups excluding carboxylic acids is 1. The van der Waals surface area contributed by atoms with Gasteiger partial charge < -0.3 is 10.2 Å². The first-order chi connectivity index (χ1) is 10.3. The van der Waals surface area contributed by atoms with Crippen molar-refractivity contribution in [3.8, 4) is 0 Å². The van der Waals surface area contributed by atoms with Crippen LogP contribution in [0.3, 0.4) is 0 Å². The largest absolute Gasteiger partial charge is 0.312 e. The molecule has 1 aromatic carbocycles. The van der Waals surface area contributed by atoms with E-state index in [-0.39, 0.29) is 5.91 Å². The van der Waals surface area contributed by atoms with E-state index in [1.165, 1.54) is 19.3 Å². The molecule has 1 amide bonds. The first-order valence-electron chi connectivity index (χ1n) is 7.99. The van der Waals surface area contributed by atoms with Crippen LogP contribution in [0.15, 0.2) is 30.3 Å². The highest BCUT2D eigenvalue weighted by atomic mass is 32.2. The van der Waals surface area contributed by atoms with Gasteiger partial charge in [0.25, 0.3) is 0 Å². The fourth-order valence-corrected chi connectivity index (χ4v) is 3.91. The van der Waals surface area contributed by atoms with Gasteiger partial charge in [-0.1, -0.05) is 24.6 Å². The maximum atomic E-state index is 12.8. The van der Waals surface area contributed by atoms with Crippen molar-refractivity contribution in [1.29, 1.82) is 0 Å². The number of amides is 1. The summed E-state index contributed by atoms with van der Waals surface area (Å²) >= 11 is 1.95. The van der Waals surface area contributed by atoms with Crippen molar-refractivity contribution < 1.29 is 4.79 Å². The van der Waals surface area contributed by atoms with E-state index in [0.29, 0.717) is 18.4 Å². The van der Waals surface area contributed by atoms with Gasteiger partial charge in [-0.3, -0.25) is 4.79 Å². The van der Waals surface area contributed by atoms with Crippen LogP contribution in [0.1, 0.15) is 25.7 Å². The molecule has 1 aliphatic carbocycles. The van der Waals surface area contributed by atoms with Crippen LogP contribution < -0.4 is 10.2 Å². The fraction of sp³-hybridized carbons (Fsp3) is 0.588. The third-order valence-electron chi connectivity index (χ3n) is 4.45. The Bertz CT molecular complexity index is 455. The molecule has 0 spiro atoms. The van der Waals surface area contributed by atoms with Gasteiger partial charge in [0.05, 0.1) is 0 Å². The van der Waals surface area contributed by atoms with Gasteiger partial charge in [0.1, 0.15) is 0 Å². The first-order valence-corrected chi connectivity index (χ1v) is 9.15. The third kappa shape index (κ3) is 4.01. The maximum Gasteiger partial charge on any atom is 0.228 e. The normalized spacial score (nSPS) is 22.6. The Morgan fingerprint density at radius 3 is 2.71 bits per heavy atom. The number of nitrogens with one attached hydrogen (secondary N) is 1. The predicted molar refractivity (Wildman–Crippen MR) is 89.9 cm³/mol. The number of carbonyl (C=O) groups is 1. The number of hydrogen-bond donors (Lipinski definition) is 1. The molecule has 1 aromatic rings. The Morgan fingerprint density at radius 2 is 2.10 bits per heavy atom. The number of rotatable bonds is 5. The van der Waals surface area contributed by atoms with Crippen molar-refractivity contribution in [1.82, 2.24) is 5.32 Å². The second kappa shape index (κ2) is 7.32. The molecule has 1 heterocycles. The van der Waals surface area contributed by atoms with Gasteiger partial charge >= 0.3 is 0 Å². The summed E-state index contributed by atoms with van der Waals surface area (Å²) in [6, 6.07) is 10.5. The Hall–Kier alpha value is -1.00. The van der Waals surface area contributed by atoms with Gasteiger partial charge in [0.2, 0.25) is 5.91 Å². The van der Waals surface area contributed by atoms with E-state index in [4.69, 9.17) is 0 Å². The summed E-state index contributed by atoms with van der Waals surface area (Å²) in [4.78, 5) is 14.8. The highest BCUT2D eigenvalue weighted by molar-refractivity contribution is 7.99. The lowest BCUT2D eigenvalue weighted by Crippen LogP contribution is -2.44. The zero-order chi connectivity index (χ0) is 14.5. The van der Waals surface area contributed by atoms with Crippen molar-refractivity contribution in [2.24, 2.45) is 5.92 Å². The minimum atomic E-state index is 0.271. The SMILES string of the molecule is O=C(CC1CSCCN1)N(CC1CCC1)c1ccccc1.